The number of aromatic nitrogens is 2. The van der Waals surface area contributed by atoms with Crippen molar-refractivity contribution in [2.24, 2.45) is 0 Å². The zero-order valence-electron chi connectivity index (χ0n) is 19.6. The van der Waals surface area contributed by atoms with Crippen LogP contribution in [-0.2, 0) is 21.2 Å². The first-order chi connectivity index (χ1) is 16.8. The number of benzene rings is 2. The van der Waals surface area contributed by atoms with Gasteiger partial charge in [-0.05, 0) is 43.2 Å². The number of methoxy groups -OCH3 is 1. The second-order valence-corrected chi connectivity index (χ2v) is 9.43. The van der Waals surface area contributed by atoms with E-state index in [0.29, 0.717) is 35.6 Å². The normalized spacial score (nSPS) is 13.6. The number of hydrogen-bond acceptors (Lipinski definition) is 7. The molecule has 1 aliphatic heterocycles. The van der Waals surface area contributed by atoms with Crippen molar-refractivity contribution in [1.82, 2.24) is 9.78 Å². The lowest BCUT2D eigenvalue weighted by Crippen LogP contribution is -2.15. The molecule has 0 unspecified atom stereocenters. The fraction of sp³-hybridized carbons (Fsp3) is 0.292. The Hall–Kier alpha value is -3.86. The summed E-state index contributed by atoms with van der Waals surface area (Å²) in [5.74, 6) is 0.139. The van der Waals surface area contributed by atoms with Gasteiger partial charge in [-0.1, -0.05) is 25.1 Å². The Morgan fingerprint density at radius 1 is 1.09 bits per heavy atom. The summed E-state index contributed by atoms with van der Waals surface area (Å²) in [5.41, 5.74) is 1.80. The van der Waals surface area contributed by atoms with E-state index in [2.05, 4.69) is 15.1 Å². The molecule has 0 aliphatic carbocycles. The average molecular weight is 499 g/mol. The highest BCUT2D eigenvalue weighted by Gasteiger charge is 2.29. The SMILES string of the molecule is CCOc1ccccc1NS(=O)(=O)c1cc(-c2c(CC)nn3c2NC(=O)CCC3=O)ccc1OC. The van der Waals surface area contributed by atoms with Gasteiger partial charge in [0.2, 0.25) is 11.8 Å². The molecule has 0 atom stereocenters. The minimum atomic E-state index is -4.12. The largest absolute Gasteiger partial charge is 0.495 e. The third-order valence-electron chi connectivity index (χ3n) is 5.53. The van der Waals surface area contributed by atoms with Crippen molar-refractivity contribution in [2.45, 2.75) is 38.0 Å². The molecule has 2 heterocycles. The lowest BCUT2D eigenvalue weighted by Gasteiger charge is -2.16. The van der Waals surface area contributed by atoms with Gasteiger partial charge < -0.3 is 14.8 Å². The Kier molecular flexibility index (Phi) is 6.79. The number of fused-ring (bicyclic) bond motifs is 1. The number of ether oxygens (including phenoxy) is 2. The number of para-hydroxylation sites is 2. The summed E-state index contributed by atoms with van der Waals surface area (Å²) in [6, 6.07) is 11.4. The Morgan fingerprint density at radius 2 is 1.86 bits per heavy atom. The molecule has 0 fully saturated rings. The van der Waals surface area contributed by atoms with E-state index in [1.165, 1.54) is 23.9 Å². The van der Waals surface area contributed by atoms with Gasteiger partial charge in [0, 0.05) is 18.4 Å². The van der Waals surface area contributed by atoms with Gasteiger partial charge in [-0.25, -0.2) is 8.42 Å². The molecule has 2 aromatic carbocycles. The summed E-state index contributed by atoms with van der Waals surface area (Å²) in [6.45, 7) is 4.04. The average Bonchev–Trinajstić information content (AvgIpc) is 3.14. The fourth-order valence-electron chi connectivity index (χ4n) is 3.91. The van der Waals surface area contributed by atoms with Crippen LogP contribution < -0.4 is 19.5 Å². The van der Waals surface area contributed by atoms with Crippen molar-refractivity contribution in [3.05, 3.63) is 48.2 Å². The number of carbonyl (C=O) groups is 2. The number of carbonyl (C=O) groups excluding carboxylic acids is 2. The monoisotopic (exact) mass is 498 g/mol. The van der Waals surface area contributed by atoms with Crippen LogP contribution in [0.5, 0.6) is 11.5 Å². The summed E-state index contributed by atoms with van der Waals surface area (Å²) in [7, 11) is -2.74. The number of nitrogens with one attached hydrogen (secondary N) is 2. The standard InChI is InChI=1S/C24H26N4O6S/c1-4-16-23(24-25-21(29)12-13-22(30)28(24)26-16)15-10-11-19(33-3)20(14-15)35(31,32)27-17-8-6-7-9-18(17)34-5-2/h6-11,14,27H,4-5,12-13H2,1-3H3,(H,25,29). The maximum atomic E-state index is 13.5. The molecule has 1 aliphatic rings. The molecule has 0 bridgehead atoms. The van der Waals surface area contributed by atoms with Crippen LogP contribution in [-0.4, -0.2) is 43.7 Å². The van der Waals surface area contributed by atoms with E-state index in [4.69, 9.17) is 9.47 Å². The number of aryl methyl sites for hydroxylation is 1. The molecular weight excluding hydrogens is 472 g/mol. The Labute approximate surface area is 203 Å². The number of anilines is 2. The van der Waals surface area contributed by atoms with E-state index >= 15 is 0 Å². The highest BCUT2D eigenvalue weighted by Crippen LogP contribution is 2.38. The molecule has 0 spiro atoms. The smallest absolute Gasteiger partial charge is 0.265 e. The molecule has 4 rings (SSSR count). The molecular formula is C24H26N4O6S. The van der Waals surface area contributed by atoms with Gasteiger partial charge in [-0.3, -0.25) is 14.3 Å². The van der Waals surface area contributed by atoms with E-state index in [-0.39, 0.29) is 46.8 Å². The number of hydrogen-bond donors (Lipinski definition) is 2. The van der Waals surface area contributed by atoms with Crippen LogP contribution in [0.1, 0.15) is 37.2 Å². The first-order valence-corrected chi connectivity index (χ1v) is 12.6. The van der Waals surface area contributed by atoms with Crippen molar-refractivity contribution >= 4 is 33.3 Å². The van der Waals surface area contributed by atoms with Gasteiger partial charge in [0.05, 0.1) is 25.1 Å². The van der Waals surface area contributed by atoms with Gasteiger partial charge in [0.15, 0.2) is 0 Å². The number of nitrogens with zero attached hydrogens (tertiary/aromatic N) is 2. The molecule has 184 valence electrons. The van der Waals surface area contributed by atoms with Crippen LogP contribution in [0.15, 0.2) is 47.4 Å². The molecule has 2 N–H and O–H groups in total. The summed E-state index contributed by atoms with van der Waals surface area (Å²) in [5, 5.41) is 7.15. The molecule has 0 saturated heterocycles. The third-order valence-corrected chi connectivity index (χ3v) is 6.91. The Balaban J connectivity index is 1.84. The quantitative estimate of drug-likeness (QED) is 0.485. The third kappa shape index (κ3) is 4.72. The highest BCUT2D eigenvalue weighted by molar-refractivity contribution is 7.92. The van der Waals surface area contributed by atoms with E-state index in [0.717, 1.165) is 0 Å². The van der Waals surface area contributed by atoms with E-state index < -0.39 is 10.0 Å². The summed E-state index contributed by atoms with van der Waals surface area (Å²) in [6.07, 6.45) is 0.551. The van der Waals surface area contributed by atoms with Crippen LogP contribution >= 0.6 is 0 Å². The van der Waals surface area contributed by atoms with Crippen molar-refractivity contribution in [2.75, 3.05) is 23.8 Å². The molecule has 35 heavy (non-hydrogen) atoms. The maximum absolute atomic E-state index is 13.5. The first-order valence-electron chi connectivity index (χ1n) is 11.2. The molecule has 0 radical (unpaired) electrons. The van der Waals surface area contributed by atoms with Gasteiger partial charge in [0.25, 0.3) is 10.0 Å². The molecule has 10 nitrogen and oxygen atoms in total. The molecule has 3 aromatic rings. The second-order valence-electron chi connectivity index (χ2n) is 7.78. The van der Waals surface area contributed by atoms with Gasteiger partial charge in [-0.15, -0.1) is 0 Å². The minimum absolute atomic E-state index is 0.0362. The number of rotatable bonds is 8. The summed E-state index contributed by atoms with van der Waals surface area (Å²) >= 11 is 0. The summed E-state index contributed by atoms with van der Waals surface area (Å²) in [4.78, 5) is 24.7. The number of sulfonamides is 1. The molecule has 11 heteroatoms. The summed E-state index contributed by atoms with van der Waals surface area (Å²) < 4.78 is 41.6. The zero-order chi connectivity index (χ0) is 25.2. The Bertz CT molecular complexity index is 1400. The lowest BCUT2D eigenvalue weighted by molar-refractivity contribution is -0.116. The van der Waals surface area contributed by atoms with Gasteiger partial charge in [-0.2, -0.15) is 9.78 Å². The van der Waals surface area contributed by atoms with Crippen LogP contribution in [0.25, 0.3) is 11.1 Å². The van der Waals surface area contributed by atoms with Gasteiger partial charge >= 0.3 is 0 Å². The fourth-order valence-corrected chi connectivity index (χ4v) is 5.17. The molecule has 1 aromatic heterocycles. The molecule has 0 saturated carbocycles. The predicted octanol–water partition coefficient (Wildman–Crippen LogP) is 3.69. The van der Waals surface area contributed by atoms with Crippen LogP contribution in [0.3, 0.4) is 0 Å². The maximum Gasteiger partial charge on any atom is 0.265 e. The number of amides is 1. The van der Waals surface area contributed by atoms with Crippen molar-refractivity contribution in [1.29, 1.82) is 0 Å². The van der Waals surface area contributed by atoms with Gasteiger partial charge in [0.1, 0.15) is 22.2 Å². The topological polar surface area (TPSA) is 129 Å². The lowest BCUT2D eigenvalue weighted by atomic mass is 10.0. The first kappa shape index (κ1) is 24.3. The van der Waals surface area contributed by atoms with Crippen molar-refractivity contribution in [3.63, 3.8) is 0 Å². The van der Waals surface area contributed by atoms with Crippen LogP contribution in [0, 0.1) is 0 Å². The van der Waals surface area contributed by atoms with E-state index in [1.54, 1.807) is 37.3 Å². The van der Waals surface area contributed by atoms with Crippen LogP contribution in [0.4, 0.5) is 11.5 Å². The minimum Gasteiger partial charge on any atom is -0.495 e. The van der Waals surface area contributed by atoms with Crippen molar-refractivity contribution in [3.8, 4) is 22.6 Å². The Morgan fingerprint density at radius 3 is 2.57 bits per heavy atom. The van der Waals surface area contributed by atoms with Crippen molar-refractivity contribution < 1.29 is 27.5 Å². The van der Waals surface area contributed by atoms with Crippen LogP contribution in [0.2, 0.25) is 0 Å². The second kappa shape index (κ2) is 9.79. The van der Waals surface area contributed by atoms with E-state index in [9.17, 15) is 18.0 Å². The van der Waals surface area contributed by atoms with E-state index in [1.807, 2.05) is 6.92 Å². The highest BCUT2D eigenvalue weighted by atomic mass is 32.2. The zero-order valence-corrected chi connectivity index (χ0v) is 20.4. The predicted molar refractivity (Wildman–Crippen MR) is 131 cm³/mol. The molecule has 1 amide bonds.